The topological polar surface area (TPSA) is 54.9 Å². The normalized spacial score (nSPS) is 11.4. The lowest BCUT2D eigenvalue weighted by Crippen LogP contribution is -2.13. The first-order chi connectivity index (χ1) is 11.8. The molecule has 128 valence electrons. The van der Waals surface area contributed by atoms with E-state index in [1.165, 1.54) is 12.1 Å². The Kier molecular flexibility index (Phi) is 4.73. The van der Waals surface area contributed by atoms with Gasteiger partial charge in [-0.1, -0.05) is 34.3 Å². The second-order valence-corrected chi connectivity index (χ2v) is 6.18. The maximum Gasteiger partial charge on any atom is 0.416 e. The Morgan fingerprint density at radius 3 is 2.52 bits per heavy atom. The van der Waals surface area contributed by atoms with Crippen molar-refractivity contribution in [3.63, 3.8) is 0 Å². The van der Waals surface area contributed by atoms with Gasteiger partial charge in [0, 0.05) is 27.7 Å². The van der Waals surface area contributed by atoms with Crippen molar-refractivity contribution < 1.29 is 18.0 Å². The van der Waals surface area contributed by atoms with Crippen LogP contribution in [0.4, 0.5) is 18.2 Å². The zero-order chi connectivity index (χ0) is 18.0. The summed E-state index contributed by atoms with van der Waals surface area (Å²) in [5.41, 5.74) is 0.102. The zero-order valence-corrected chi connectivity index (χ0v) is 13.9. The van der Waals surface area contributed by atoms with Gasteiger partial charge in [0.15, 0.2) is 0 Å². The molecule has 0 aliphatic rings. The van der Waals surface area contributed by atoms with Crippen molar-refractivity contribution in [1.29, 1.82) is 0 Å². The number of rotatable bonds is 3. The van der Waals surface area contributed by atoms with Gasteiger partial charge in [-0.2, -0.15) is 13.2 Å². The lowest BCUT2D eigenvalue weighted by molar-refractivity contribution is -0.137. The highest BCUT2D eigenvalue weighted by molar-refractivity contribution is 7.10. The minimum atomic E-state index is -4.52. The third-order valence-electron chi connectivity index (χ3n) is 3.28. The maximum atomic E-state index is 12.8. The number of amides is 1. The van der Waals surface area contributed by atoms with Crippen molar-refractivity contribution >= 4 is 34.0 Å². The summed E-state index contributed by atoms with van der Waals surface area (Å²) in [6.07, 6.45) is -4.52. The molecule has 0 unspecified atom stereocenters. The Morgan fingerprint density at radius 2 is 1.84 bits per heavy atom. The van der Waals surface area contributed by atoms with Gasteiger partial charge in [-0.15, -0.1) is 5.10 Å². The van der Waals surface area contributed by atoms with Gasteiger partial charge in [0.2, 0.25) is 0 Å². The number of aromatic nitrogens is 2. The molecule has 1 amide bonds. The van der Waals surface area contributed by atoms with Gasteiger partial charge in [-0.05, 0) is 30.3 Å². The number of anilines is 1. The molecule has 9 heteroatoms. The van der Waals surface area contributed by atoms with Crippen molar-refractivity contribution in [1.82, 2.24) is 9.59 Å². The molecule has 0 radical (unpaired) electrons. The van der Waals surface area contributed by atoms with Crippen LogP contribution in [0.1, 0.15) is 15.9 Å². The van der Waals surface area contributed by atoms with Crippen molar-refractivity contribution in [2.75, 3.05) is 5.32 Å². The smallest absolute Gasteiger partial charge is 0.310 e. The second-order valence-electron chi connectivity index (χ2n) is 4.99. The first-order valence-corrected chi connectivity index (χ1v) is 8.06. The Labute approximate surface area is 149 Å². The molecule has 1 aromatic heterocycles. The third kappa shape index (κ3) is 3.97. The monoisotopic (exact) mass is 383 g/mol. The van der Waals surface area contributed by atoms with E-state index in [0.29, 0.717) is 21.3 Å². The third-order valence-corrected chi connectivity index (χ3v) is 4.18. The maximum absolute atomic E-state index is 12.8. The standard InChI is InChI=1S/C16H9ClF3N3OS/c17-12-6-4-9(5-7-12)13-15(25-23-22-13)21-14(24)10-2-1-3-11(8-10)16(18,19)20/h1-8H,(H,21,24). The Balaban J connectivity index is 1.85. The fourth-order valence-electron chi connectivity index (χ4n) is 2.08. The molecule has 0 aliphatic heterocycles. The number of carbonyl (C=O) groups excluding carboxylic acids is 1. The summed E-state index contributed by atoms with van der Waals surface area (Å²) in [5, 5.41) is 7.38. The van der Waals surface area contributed by atoms with E-state index in [1.54, 1.807) is 24.3 Å². The highest BCUT2D eigenvalue weighted by Gasteiger charge is 2.31. The van der Waals surface area contributed by atoms with Crippen LogP contribution in [0.2, 0.25) is 5.02 Å². The van der Waals surface area contributed by atoms with Crippen LogP contribution in [0.25, 0.3) is 11.3 Å². The number of hydrogen-bond acceptors (Lipinski definition) is 4. The SMILES string of the molecule is O=C(Nc1snnc1-c1ccc(Cl)cc1)c1cccc(C(F)(F)F)c1. The minimum Gasteiger partial charge on any atom is -0.310 e. The number of hydrogen-bond donors (Lipinski definition) is 1. The van der Waals surface area contributed by atoms with Gasteiger partial charge in [-0.3, -0.25) is 4.79 Å². The fraction of sp³-hybridized carbons (Fsp3) is 0.0625. The number of halogens is 4. The molecule has 3 aromatic rings. The molecule has 0 saturated carbocycles. The summed E-state index contributed by atoms with van der Waals surface area (Å²) >= 11 is 6.77. The van der Waals surface area contributed by atoms with Crippen LogP contribution in [0, 0.1) is 0 Å². The van der Waals surface area contributed by atoms with Gasteiger partial charge in [0.25, 0.3) is 5.91 Å². The average molecular weight is 384 g/mol. The van der Waals surface area contributed by atoms with Gasteiger partial charge < -0.3 is 5.32 Å². The number of alkyl halides is 3. The van der Waals surface area contributed by atoms with E-state index in [9.17, 15) is 18.0 Å². The highest BCUT2D eigenvalue weighted by Crippen LogP contribution is 2.31. The van der Waals surface area contributed by atoms with E-state index in [-0.39, 0.29) is 5.56 Å². The van der Waals surface area contributed by atoms with Crippen LogP contribution < -0.4 is 5.32 Å². The first kappa shape index (κ1) is 17.4. The predicted molar refractivity (Wildman–Crippen MR) is 89.8 cm³/mol. The van der Waals surface area contributed by atoms with Gasteiger partial charge in [-0.25, -0.2) is 0 Å². The van der Waals surface area contributed by atoms with E-state index in [1.807, 2.05) is 0 Å². The van der Waals surface area contributed by atoms with Crippen LogP contribution in [-0.2, 0) is 6.18 Å². The number of nitrogens with zero attached hydrogens (tertiary/aromatic N) is 2. The quantitative estimate of drug-likeness (QED) is 0.682. The van der Waals surface area contributed by atoms with Crippen molar-refractivity contribution in [3.05, 3.63) is 64.7 Å². The minimum absolute atomic E-state index is 0.106. The van der Waals surface area contributed by atoms with Crippen molar-refractivity contribution in [2.45, 2.75) is 6.18 Å². The predicted octanol–water partition coefficient (Wildman–Crippen LogP) is 5.13. The summed E-state index contributed by atoms with van der Waals surface area (Å²) in [6, 6.07) is 10.9. The van der Waals surface area contributed by atoms with Gasteiger partial charge in [0.1, 0.15) is 10.7 Å². The molecular formula is C16H9ClF3N3OS. The summed E-state index contributed by atoms with van der Waals surface area (Å²) in [5.74, 6) is -0.674. The van der Waals surface area contributed by atoms with Crippen LogP contribution >= 0.6 is 23.1 Å². The molecule has 25 heavy (non-hydrogen) atoms. The highest BCUT2D eigenvalue weighted by atomic mass is 35.5. The average Bonchev–Trinajstić information content (AvgIpc) is 3.03. The molecule has 1 N–H and O–H groups in total. The van der Waals surface area contributed by atoms with Crippen LogP contribution in [0.15, 0.2) is 48.5 Å². The molecule has 0 atom stereocenters. The largest absolute Gasteiger partial charge is 0.416 e. The van der Waals surface area contributed by atoms with E-state index < -0.39 is 17.6 Å². The lowest BCUT2D eigenvalue weighted by atomic mass is 10.1. The van der Waals surface area contributed by atoms with E-state index in [0.717, 1.165) is 23.7 Å². The molecule has 4 nitrogen and oxygen atoms in total. The Bertz CT molecular complexity index is 909. The van der Waals surface area contributed by atoms with Crippen LogP contribution in [-0.4, -0.2) is 15.5 Å². The number of carbonyl (C=O) groups is 1. The van der Waals surface area contributed by atoms with Crippen LogP contribution in [0.5, 0.6) is 0 Å². The summed E-state index contributed by atoms with van der Waals surface area (Å²) in [7, 11) is 0. The molecule has 0 bridgehead atoms. The first-order valence-electron chi connectivity index (χ1n) is 6.91. The van der Waals surface area contributed by atoms with E-state index in [2.05, 4.69) is 14.9 Å². The summed E-state index contributed by atoms with van der Waals surface area (Å²) in [4.78, 5) is 12.3. The molecular weight excluding hydrogens is 375 g/mol. The van der Waals surface area contributed by atoms with Gasteiger partial charge in [0.05, 0.1) is 5.56 Å². The zero-order valence-electron chi connectivity index (χ0n) is 12.3. The van der Waals surface area contributed by atoms with Crippen LogP contribution in [0.3, 0.4) is 0 Å². The summed E-state index contributed by atoms with van der Waals surface area (Å²) in [6.45, 7) is 0. The molecule has 0 spiro atoms. The lowest BCUT2D eigenvalue weighted by Gasteiger charge is -2.09. The van der Waals surface area contributed by atoms with Gasteiger partial charge >= 0.3 is 6.18 Å². The Hall–Kier alpha value is -2.45. The van der Waals surface area contributed by atoms with Crippen molar-refractivity contribution in [3.8, 4) is 11.3 Å². The molecule has 0 saturated heterocycles. The number of nitrogens with one attached hydrogen (secondary N) is 1. The molecule has 0 fully saturated rings. The molecule has 0 aliphatic carbocycles. The van der Waals surface area contributed by atoms with Crippen molar-refractivity contribution in [2.24, 2.45) is 0 Å². The van der Waals surface area contributed by atoms with E-state index in [4.69, 9.17) is 11.6 Å². The number of benzene rings is 2. The van der Waals surface area contributed by atoms with E-state index >= 15 is 0 Å². The molecule has 3 rings (SSSR count). The summed E-state index contributed by atoms with van der Waals surface area (Å²) < 4.78 is 42.1. The molecule has 2 aromatic carbocycles. The second kappa shape index (κ2) is 6.81. The Morgan fingerprint density at radius 1 is 1.12 bits per heavy atom. The fourth-order valence-corrected chi connectivity index (χ4v) is 2.79. The molecule has 1 heterocycles.